The van der Waals surface area contributed by atoms with E-state index in [1.54, 1.807) is 18.3 Å². The van der Waals surface area contributed by atoms with Gasteiger partial charge in [-0.1, -0.05) is 0 Å². The van der Waals surface area contributed by atoms with Crippen molar-refractivity contribution in [2.75, 3.05) is 6.61 Å². The Bertz CT molecular complexity index is 314. The maximum Gasteiger partial charge on any atom is 0.307 e. The second-order valence-corrected chi connectivity index (χ2v) is 5.09. The lowest BCUT2D eigenvalue weighted by atomic mass is 10.1. The minimum atomic E-state index is -0.267. The summed E-state index contributed by atoms with van der Waals surface area (Å²) in [4.78, 5) is 11.1. The first-order valence-electron chi connectivity index (χ1n) is 4.28. The fourth-order valence-corrected chi connectivity index (χ4v) is 2.28. The molecule has 1 aromatic heterocycles. The highest BCUT2D eigenvalue weighted by Gasteiger charge is 2.13. The zero-order valence-electron chi connectivity index (χ0n) is 7.83. The number of halogens is 1. The van der Waals surface area contributed by atoms with E-state index in [4.69, 9.17) is 10.5 Å². The van der Waals surface area contributed by atoms with Crippen LogP contribution in [0, 0.1) is 0 Å². The van der Waals surface area contributed by atoms with Gasteiger partial charge in [0.05, 0.1) is 16.8 Å². The highest BCUT2D eigenvalue weighted by molar-refractivity contribution is 9.11. The van der Waals surface area contributed by atoms with E-state index in [-0.39, 0.29) is 18.4 Å². The SMILES string of the molecule is CCOC(=O)CC(N)c1csc(Br)c1. The third-order valence-corrected chi connectivity index (χ3v) is 3.23. The van der Waals surface area contributed by atoms with Crippen molar-refractivity contribution >= 4 is 33.2 Å². The van der Waals surface area contributed by atoms with Crippen LogP contribution < -0.4 is 5.73 Å². The van der Waals surface area contributed by atoms with E-state index in [1.807, 2.05) is 11.4 Å². The predicted molar refractivity (Wildman–Crippen MR) is 60.2 cm³/mol. The molecule has 0 radical (unpaired) electrons. The maximum atomic E-state index is 11.1. The molecule has 0 saturated heterocycles. The van der Waals surface area contributed by atoms with Gasteiger partial charge in [0.2, 0.25) is 0 Å². The van der Waals surface area contributed by atoms with E-state index in [9.17, 15) is 4.79 Å². The van der Waals surface area contributed by atoms with Crippen LogP contribution in [-0.2, 0) is 9.53 Å². The minimum absolute atomic E-state index is 0.233. The lowest BCUT2D eigenvalue weighted by molar-refractivity contribution is -0.143. The summed E-state index contributed by atoms with van der Waals surface area (Å²) < 4.78 is 5.83. The summed E-state index contributed by atoms with van der Waals surface area (Å²) in [6.07, 6.45) is 0.233. The van der Waals surface area contributed by atoms with E-state index < -0.39 is 0 Å². The van der Waals surface area contributed by atoms with E-state index in [0.29, 0.717) is 6.61 Å². The van der Waals surface area contributed by atoms with Crippen molar-refractivity contribution in [2.24, 2.45) is 5.73 Å². The van der Waals surface area contributed by atoms with Crippen LogP contribution in [-0.4, -0.2) is 12.6 Å². The van der Waals surface area contributed by atoms with Crippen molar-refractivity contribution in [1.82, 2.24) is 0 Å². The van der Waals surface area contributed by atoms with Gasteiger partial charge in [-0.3, -0.25) is 4.79 Å². The summed E-state index contributed by atoms with van der Waals surface area (Å²) in [5.41, 5.74) is 6.79. The summed E-state index contributed by atoms with van der Waals surface area (Å²) in [6, 6.07) is 1.66. The van der Waals surface area contributed by atoms with Crippen molar-refractivity contribution in [3.05, 3.63) is 20.8 Å². The van der Waals surface area contributed by atoms with Gasteiger partial charge in [0.25, 0.3) is 0 Å². The molecule has 2 N–H and O–H groups in total. The van der Waals surface area contributed by atoms with Gasteiger partial charge in [-0.25, -0.2) is 0 Å². The molecular weight excluding hydrogens is 266 g/mol. The molecular formula is C9H12BrNO2S. The van der Waals surface area contributed by atoms with E-state index in [0.717, 1.165) is 9.35 Å². The lowest BCUT2D eigenvalue weighted by Gasteiger charge is -2.08. The average molecular weight is 278 g/mol. The Morgan fingerprint density at radius 1 is 1.79 bits per heavy atom. The number of rotatable bonds is 4. The quantitative estimate of drug-likeness (QED) is 0.861. The number of hydrogen-bond donors (Lipinski definition) is 1. The summed E-state index contributed by atoms with van der Waals surface area (Å²) in [7, 11) is 0. The first kappa shape index (κ1) is 11.7. The molecule has 5 heteroatoms. The van der Waals surface area contributed by atoms with Crippen LogP contribution in [0.1, 0.15) is 24.9 Å². The predicted octanol–water partition coefficient (Wildman–Crippen LogP) is 2.46. The van der Waals surface area contributed by atoms with Crippen molar-refractivity contribution in [3.8, 4) is 0 Å². The van der Waals surface area contributed by atoms with Crippen molar-refractivity contribution < 1.29 is 9.53 Å². The molecule has 0 fully saturated rings. The van der Waals surface area contributed by atoms with Gasteiger partial charge in [-0.05, 0) is 39.9 Å². The first-order chi connectivity index (χ1) is 6.63. The number of ether oxygens (including phenoxy) is 1. The number of carbonyl (C=O) groups excluding carboxylic acids is 1. The second kappa shape index (κ2) is 5.48. The van der Waals surface area contributed by atoms with Crippen LogP contribution in [0.3, 0.4) is 0 Å². The van der Waals surface area contributed by atoms with Crippen LogP contribution >= 0.6 is 27.3 Å². The third-order valence-electron chi connectivity index (χ3n) is 1.71. The molecule has 0 aromatic carbocycles. The topological polar surface area (TPSA) is 52.3 Å². The third kappa shape index (κ3) is 3.40. The van der Waals surface area contributed by atoms with Crippen LogP contribution in [0.15, 0.2) is 15.2 Å². The first-order valence-corrected chi connectivity index (χ1v) is 5.96. The van der Waals surface area contributed by atoms with Gasteiger partial charge in [0, 0.05) is 6.04 Å². The fraction of sp³-hybridized carbons (Fsp3) is 0.444. The largest absolute Gasteiger partial charge is 0.466 e. The van der Waals surface area contributed by atoms with Crippen molar-refractivity contribution in [3.63, 3.8) is 0 Å². The monoisotopic (exact) mass is 277 g/mol. The molecule has 14 heavy (non-hydrogen) atoms. The molecule has 1 heterocycles. The maximum absolute atomic E-state index is 11.1. The Morgan fingerprint density at radius 3 is 3.00 bits per heavy atom. The van der Waals surface area contributed by atoms with E-state index in [1.165, 1.54) is 0 Å². The second-order valence-electron chi connectivity index (χ2n) is 2.80. The Kier molecular flexibility index (Phi) is 4.57. The molecule has 0 aliphatic heterocycles. The van der Waals surface area contributed by atoms with Crippen LogP contribution in [0.4, 0.5) is 0 Å². The van der Waals surface area contributed by atoms with Crippen LogP contribution in [0.25, 0.3) is 0 Å². The molecule has 0 aliphatic rings. The molecule has 0 spiro atoms. The molecule has 1 aromatic rings. The molecule has 0 bridgehead atoms. The number of esters is 1. The van der Waals surface area contributed by atoms with E-state index in [2.05, 4.69) is 15.9 Å². The van der Waals surface area contributed by atoms with Crippen LogP contribution in [0.2, 0.25) is 0 Å². The van der Waals surface area contributed by atoms with Gasteiger partial charge in [-0.15, -0.1) is 11.3 Å². The normalized spacial score (nSPS) is 12.5. The fourth-order valence-electron chi connectivity index (χ4n) is 1.04. The Morgan fingerprint density at radius 2 is 2.50 bits per heavy atom. The standard InChI is InChI=1S/C9H12BrNO2S/c1-2-13-9(12)4-7(11)6-3-8(10)14-5-6/h3,5,7H,2,4,11H2,1H3. The molecule has 3 nitrogen and oxygen atoms in total. The van der Waals surface area contributed by atoms with Crippen LogP contribution in [0.5, 0.6) is 0 Å². The Balaban J connectivity index is 2.50. The summed E-state index contributed by atoms with van der Waals surface area (Å²) in [5.74, 6) is -0.248. The molecule has 78 valence electrons. The van der Waals surface area contributed by atoms with Crippen molar-refractivity contribution in [1.29, 1.82) is 0 Å². The number of hydrogen-bond acceptors (Lipinski definition) is 4. The highest BCUT2D eigenvalue weighted by atomic mass is 79.9. The zero-order chi connectivity index (χ0) is 10.6. The molecule has 0 amide bonds. The number of nitrogens with two attached hydrogens (primary N) is 1. The van der Waals surface area contributed by atoms with Gasteiger partial charge >= 0.3 is 5.97 Å². The molecule has 1 unspecified atom stereocenters. The van der Waals surface area contributed by atoms with Gasteiger partial charge < -0.3 is 10.5 Å². The molecule has 1 rings (SSSR count). The molecule has 0 saturated carbocycles. The molecule has 1 atom stereocenters. The summed E-state index contributed by atoms with van der Waals surface area (Å²) >= 11 is 4.90. The number of carbonyl (C=O) groups is 1. The Labute approximate surface area is 95.4 Å². The number of thiophene rings is 1. The lowest BCUT2D eigenvalue weighted by Crippen LogP contribution is -2.16. The smallest absolute Gasteiger partial charge is 0.307 e. The van der Waals surface area contributed by atoms with Crippen molar-refractivity contribution in [2.45, 2.75) is 19.4 Å². The van der Waals surface area contributed by atoms with Gasteiger partial charge in [-0.2, -0.15) is 0 Å². The highest BCUT2D eigenvalue weighted by Crippen LogP contribution is 2.25. The molecule has 0 aliphatic carbocycles. The summed E-state index contributed by atoms with van der Waals surface area (Å²) in [5, 5.41) is 1.94. The zero-order valence-corrected chi connectivity index (χ0v) is 10.2. The van der Waals surface area contributed by atoms with Gasteiger partial charge in [0.1, 0.15) is 0 Å². The Hall–Kier alpha value is -0.390. The minimum Gasteiger partial charge on any atom is -0.466 e. The van der Waals surface area contributed by atoms with Gasteiger partial charge in [0.15, 0.2) is 0 Å². The summed E-state index contributed by atoms with van der Waals surface area (Å²) in [6.45, 7) is 2.18. The average Bonchev–Trinajstić information content (AvgIpc) is 2.52. The van der Waals surface area contributed by atoms with E-state index >= 15 is 0 Å².